The summed E-state index contributed by atoms with van der Waals surface area (Å²) in [5.74, 6) is 1.85. The average Bonchev–Trinajstić information content (AvgIpc) is 2.72. The van der Waals surface area contributed by atoms with Gasteiger partial charge in [0.2, 0.25) is 5.95 Å². The lowest BCUT2D eigenvalue weighted by atomic mass is 10.2. The molecule has 2 rings (SSSR count). The Labute approximate surface area is 77.5 Å². The summed E-state index contributed by atoms with van der Waals surface area (Å²) < 4.78 is 2.00. The highest BCUT2D eigenvalue weighted by molar-refractivity contribution is 5.24. The van der Waals surface area contributed by atoms with E-state index in [9.17, 15) is 0 Å². The van der Waals surface area contributed by atoms with Crippen LogP contribution in [0, 0.1) is 0 Å². The zero-order chi connectivity index (χ0) is 9.26. The van der Waals surface area contributed by atoms with Crippen LogP contribution in [0.2, 0.25) is 0 Å². The predicted octanol–water partition coefficient (Wildman–Crippen LogP) is 0.281. The summed E-state index contributed by atoms with van der Waals surface area (Å²) in [5.41, 5.74) is 0. The first-order valence-corrected chi connectivity index (χ1v) is 4.63. The summed E-state index contributed by atoms with van der Waals surface area (Å²) in [6.45, 7) is 1.09. The van der Waals surface area contributed by atoms with Crippen LogP contribution in [0.5, 0.6) is 0 Å². The first-order valence-electron chi connectivity index (χ1n) is 4.63. The molecule has 1 aliphatic heterocycles. The van der Waals surface area contributed by atoms with Crippen LogP contribution in [0.15, 0.2) is 0 Å². The molecule has 1 atom stereocenters. The van der Waals surface area contributed by atoms with Gasteiger partial charge in [-0.1, -0.05) is 0 Å². The van der Waals surface area contributed by atoms with E-state index in [2.05, 4.69) is 20.8 Å². The summed E-state index contributed by atoms with van der Waals surface area (Å²) >= 11 is 0. The molecule has 1 fully saturated rings. The van der Waals surface area contributed by atoms with Crippen molar-refractivity contribution >= 4 is 5.95 Å². The smallest absolute Gasteiger partial charge is 0.224 e. The summed E-state index contributed by atoms with van der Waals surface area (Å²) in [7, 11) is 3.84. The molecule has 1 saturated heterocycles. The summed E-state index contributed by atoms with van der Waals surface area (Å²) in [6, 6.07) is 0.389. The SMILES string of the molecule is CNc1nnc(C2CCCN2)n1C. The van der Waals surface area contributed by atoms with Crippen molar-refractivity contribution in [3.05, 3.63) is 5.82 Å². The minimum atomic E-state index is 0.389. The van der Waals surface area contributed by atoms with Crippen LogP contribution >= 0.6 is 0 Å². The van der Waals surface area contributed by atoms with E-state index in [0.29, 0.717) is 6.04 Å². The number of rotatable bonds is 2. The topological polar surface area (TPSA) is 54.8 Å². The molecule has 5 heteroatoms. The van der Waals surface area contributed by atoms with E-state index in [4.69, 9.17) is 0 Å². The Hall–Kier alpha value is -1.10. The number of aromatic nitrogens is 3. The quantitative estimate of drug-likeness (QED) is 0.688. The minimum Gasteiger partial charge on any atom is -0.357 e. The number of hydrogen-bond acceptors (Lipinski definition) is 4. The average molecular weight is 181 g/mol. The molecule has 1 aromatic rings. The van der Waals surface area contributed by atoms with E-state index in [1.54, 1.807) is 0 Å². The molecule has 72 valence electrons. The van der Waals surface area contributed by atoms with Crippen LogP contribution in [0.3, 0.4) is 0 Å². The van der Waals surface area contributed by atoms with Gasteiger partial charge in [-0.3, -0.25) is 4.57 Å². The lowest BCUT2D eigenvalue weighted by molar-refractivity contribution is 0.578. The van der Waals surface area contributed by atoms with Gasteiger partial charge in [-0.15, -0.1) is 10.2 Å². The van der Waals surface area contributed by atoms with Gasteiger partial charge < -0.3 is 10.6 Å². The third-order valence-electron chi connectivity index (χ3n) is 2.50. The van der Waals surface area contributed by atoms with Crippen LogP contribution in [0.4, 0.5) is 5.95 Å². The van der Waals surface area contributed by atoms with Crippen LogP contribution in [-0.4, -0.2) is 28.4 Å². The van der Waals surface area contributed by atoms with Gasteiger partial charge in [0.05, 0.1) is 6.04 Å². The van der Waals surface area contributed by atoms with Crippen molar-refractivity contribution in [2.45, 2.75) is 18.9 Å². The van der Waals surface area contributed by atoms with Crippen molar-refractivity contribution in [3.8, 4) is 0 Å². The summed E-state index contributed by atoms with van der Waals surface area (Å²) in [6.07, 6.45) is 2.39. The first-order chi connectivity index (χ1) is 6.33. The molecule has 2 N–H and O–H groups in total. The van der Waals surface area contributed by atoms with Crippen molar-refractivity contribution in [2.75, 3.05) is 18.9 Å². The Morgan fingerprint density at radius 1 is 1.54 bits per heavy atom. The lowest BCUT2D eigenvalue weighted by Gasteiger charge is -2.09. The van der Waals surface area contributed by atoms with Gasteiger partial charge in [0.15, 0.2) is 5.82 Å². The Balaban J connectivity index is 2.24. The summed E-state index contributed by atoms with van der Waals surface area (Å²) in [4.78, 5) is 0. The Morgan fingerprint density at radius 2 is 2.38 bits per heavy atom. The second kappa shape index (κ2) is 3.33. The number of nitrogens with zero attached hydrogens (tertiary/aromatic N) is 3. The summed E-state index contributed by atoms with van der Waals surface area (Å²) in [5, 5.41) is 14.6. The van der Waals surface area contributed by atoms with Crippen LogP contribution < -0.4 is 10.6 Å². The third kappa shape index (κ3) is 1.39. The molecule has 0 radical (unpaired) electrons. The van der Waals surface area contributed by atoms with Crippen LogP contribution in [0.1, 0.15) is 24.7 Å². The zero-order valence-corrected chi connectivity index (χ0v) is 8.04. The molecule has 1 aromatic heterocycles. The third-order valence-corrected chi connectivity index (χ3v) is 2.50. The van der Waals surface area contributed by atoms with E-state index >= 15 is 0 Å². The van der Waals surface area contributed by atoms with E-state index < -0.39 is 0 Å². The molecule has 0 aromatic carbocycles. The molecule has 13 heavy (non-hydrogen) atoms. The van der Waals surface area contributed by atoms with Gasteiger partial charge in [-0.05, 0) is 19.4 Å². The highest BCUT2D eigenvalue weighted by atomic mass is 15.3. The zero-order valence-electron chi connectivity index (χ0n) is 8.04. The standard InChI is InChI=1S/C8H15N5/c1-9-8-12-11-7(13(8)2)6-4-3-5-10-6/h6,10H,3-5H2,1-2H3,(H,9,12). The molecule has 0 bridgehead atoms. The van der Waals surface area contributed by atoms with Gasteiger partial charge in [-0.2, -0.15) is 0 Å². The number of nitrogens with one attached hydrogen (secondary N) is 2. The Kier molecular flexibility index (Phi) is 2.18. The fourth-order valence-electron chi connectivity index (χ4n) is 1.77. The molecule has 0 spiro atoms. The monoisotopic (exact) mass is 181 g/mol. The normalized spacial score (nSPS) is 22.2. The lowest BCUT2D eigenvalue weighted by Crippen LogP contribution is -2.17. The van der Waals surface area contributed by atoms with Gasteiger partial charge in [0.25, 0.3) is 0 Å². The molecule has 0 aliphatic carbocycles. The minimum absolute atomic E-state index is 0.389. The molecule has 2 heterocycles. The molecule has 1 unspecified atom stereocenters. The maximum absolute atomic E-state index is 4.16. The van der Waals surface area contributed by atoms with Gasteiger partial charge in [0, 0.05) is 14.1 Å². The fraction of sp³-hybridized carbons (Fsp3) is 0.750. The molecular weight excluding hydrogens is 166 g/mol. The van der Waals surface area contributed by atoms with E-state index in [1.165, 1.54) is 6.42 Å². The van der Waals surface area contributed by atoms with Crippen molar-refractivity contribution in [1.82, 2.24) is 20.1 Å². The predicted molar refractivity (Wildman–Crippen MR) is 50.5 cm³/mol. The van der Waals surface area contributed by atoms with Gasteiger partial charge in [-0.25, -0.2) is 0 Å². The molecule has 5 nitrogen and oxygen atoms in total. The highest BCUT2D eigenvalue weighted by Crippen LogP contribution is 2.21. The largest absolute Gasteiger partial charge is 0.357 e. The van der Waals surface area contributed by atoms with Crippen molar-refractivity contribution in [2.24, 2.45) is 7.05 Å². The van der Waals surface area contributed by atoms with E-state index in [1.807, 2.05) is 18.7 Å². The Morgan fingerprint density at radius 3 is 2.92 bits per heavy atom. The molecule has 0 amide bonds. The first kappa shape index (κ1) is 8.50. The number of hydrogen-bond donors (Lipinski definition) is 2. The maximum atomic E-state index is 4.16. The van der Waals surface area contributed by atoms with Gasteiger partial charge >= 0.3 is 0 Å². The maximum Gasteiger partial charge on any atom is 0.224 e. The number of anilines is 1. The van der Waals surface area contributed by atoms with Crippen molar-refractivity contribution < 1.29 is 0 Å². The fourth-order valence-corrected chi connectivity index (χ4v) is 1.77. The second-order valence-corrected chi connectivity index (χ2v) is 3.34. The molecule has 0 saturated carbocycles. The Bertz CT molecular complexity index is 287. The van der Waals surface area contributed by atoms with Crippen LogP contribution in [0.25, 0.3) is 0 Å². The van der Waals surface area contributed by atoms with E-state index in [0.717, 1.165) is 24.7 Å². The van der Waals surface area contributed by atoms with E-state index in [-0.39, 0.29) is 0 Å². The van der Waals surface area contributed by atoms with Crippen LogP contribution in [-0.2, 0) is 7.05 Å². The molecule has 1 aliphatic rings. The molecular formula is C8H15N5. The highest BCUT2D eigenvalue weighted by Gasteiger charge is 2.21. The van der Waals surface area contributed by atoms with Crippen molar-refractivity contribution in [1.29, 1.82) is 0 Å². The van der Waals surface area contributed by atoms with Crippen molar-refractivity contribution in [3.63, 3.8) is 0 Å². The van der Waals surface area contributed by atoms with Gasteiger partial charge in [0.1, 0.15) is 0 Å². The second-order valence-electron chi connectivity index (χ2n) is 3.34.